The standard InChI is InChI=1S/C13H18N4O/c18-11(10-6-9(10)8-2-3-8)16-13(4-1-5-13)12-14-7-15-17-12/h7-10H,1-6H2,(H,16,18)(H,14,15,17). The molecule has 1 aromatic heterocycles. The van der Waals surface area contributed by atoms with Gasteiger partial charge in [-0.15, -0.1) is 0 Å². The Balaban J connectivity index is 1.45. The molecule has 0 aliphatic heterocycles. The fourth-order valence-corrected chi connectivity index (χ4v) is 3.28. The van der Waals surface area contributed by atoms with Crippen molar-refractivity contribution in [2.24, 2.45) is 17.8 Å². The van der Waals surface area contributed by atoms with Crippen LogP contribution in [0.4, 0.5) is 0 Å². The van der Waals surface area contributed by atoms with E-state index in [1.54, 1.807) is 0 Å². The second kappa shape index (κ2) is 3.56. The minimum absolute atomic E-state index is 0.239. The van der Waals surface area contributed by atoms with Crippen molar-refractivity contribution in [2.75, 3.05) is 0 Å². The number of hydrogen-bond acceptors (Lipinski definition) is 3. The van der Waals surface area contributed by atoms with Crippen molar-refractivity contribution in [3.63, 3.8) is 0 Å². The van der Waals surface area contributed by atoms with Crippen molar-refractivity contribution >= 4 is 5.91 Å². The van der Waals surface area contributed by atoms with E-state index < -0.39 is 0 Å². The molecule has 2 atom stereocenters. The van der Waals surface area contributed by atoms with E-state index in [0.717, 1.165) is 37.4 Å². The maximum absolute atomic E-state index is 12.3. The van der Waals surface area contributed by atoms with Gasteiger partial charge in [0.05, 0.1) is 5.54 Å². The Kier molecular flexibility index (Phi) is 2.08. The second-order valence-electron chi connectivity index (χ2n) is 6.10. The lowest BCUT2D eigenvalue weighted by Gasteiger charge is -2.40. The van der Waals surface area contributed by atoms with Crippen molar-refractivity contribution in [1.82, 2.24) is 20.5 Å². The predicted molar refractivity (Wildman–Crippen MR) is 64.4 cm³/mol. The maximum atomic E-state index is 12.3. The molecule has 2 unspecified atom stereocenters. The predicted octanol–water partition coefficient (Wildman–Crippen LogP) is 1.35. The van der Waals surface area contributed by atoms with E-state index in [0.29, 0.717) is 5.92 Å². The van der Waals surface area contributed by atoms with E-state index in [9.17, 15) is 4.79 Å². The monoisotopic (exact) mass is 246 g/mol. The van der Waals surface area contributed by atoms with Gasteiger partial charge in [-0.05, 0) is 50.4 Å². The van der Waals surface area contributed by atoms with Crippen molar-refractivity contribution in [3.05, 3.63) is 12.2 Å². The molecule has 0 aromatic carbocycles. The number of hydrogen-bond donors (Lipinski definition) is 2. The largest absolute Gasteiger partial charge is 0.343 e. The van der Waals surface area contributed by atoms with Crippen LogP contribution >= 0.6 is 0 Å². The van der Waals surface area contributed by atoms with E-state index in [2.05, 4.69) is 20.5 Å². The number of nitrogens with zero attached hydrogens (tertiary/aromatic N) is 2. The van der Waals surface area contributed by atoms with Gasteiger partial charge in [-0.3, -0.25) is 9.89 Å². The highest BCUT2D eigenvalue weighted by molar-refractivity contribution is 5.82. The molecule has 5 heteroatoms. The summed E-state index contributed by atoms with van der Waals surface area (Å²) in [5, 5.41) is 10.1. The number of nitrogens with one attached hydrogen (secondary N) is 2. The van der Waals surface area contributed by atoms with Crippen LogP contribution in [0.1, 0.15) is 44.3 Å². The third-order valence-corrected chi connectivity index (χ3v) is 4.84. The van der Waals surface area contributed by atoms with Gasteiger partial charge in [-0.25, -0.2) is 4.98 Å². The first kappa shape index (κ1) is 10.5. The first-order valence-corrected chi connectivity index (χ1v) is 6.96. The van der Waals surface area contributed by atoms with Crippen LogP contribution in [-0.2, 0) is 10.3 Å². The zero-order valence-electron chi connectivity index (χ0n) is 10.4. The molecular formula is C13H18N4O. The second-order valence-corrected chi connectivity index (χ2v) is 6.10. The number of H-pyrrole nitrogens is 1. The van der Waals surface area contributed by atoms with Gasteiger partial charge in [-0.1, -0.05) is 0 Å². The summed E-state index contributed by atoms with van der Waals surface area (Å²) in [4.78, 5) is 16.5. The molecule has 3 aliphatic rings. The van der Waals surface area contributed by atoms with E-state index in [-0.39, 0.29) is 17.4 Å². The lowest BCUT2D eigenvalue weighted by Crippen LogP contribution is -2.52. The smallest absolute Gasteiger partial charge is 0.224 e. The highest BCUT2D eigenvalue weighted by Gasteiger charge is 2.53. The molecule has 0 spiro atoms. The van der Waals surface area contributed by atoms with E-state index in [1.165, 1.54) is 19.2 Å². The van der Waals surface area contributed by atoms with Crippen LogP contribution in [-0.4, -0.2) is 21.1 Å². The molecule has 3 aliphatic carbocycles. The molecule has 4 rings (SSSR count). The van der Waals surface area contributed by atoms with Gasteiger partial charge in [0.15, 0.2) is 0 Å². The van der Waals surface area contributed by atoms with E-state index in [4.69, 9.17) is 0 Å². The van der Waals surface area contributed by atoms with Gasteiger partial charge >= 0.3 is 0 Å². The number of carbonyl (C=O) groups excluding carboxylic acids is 1. The quantitative estimate of drug-likeness (QED) is 0.842. The molecule has 5 nitrogen and oxygen atoms in total. The normalized spacial score (nSPS) is 32.7. The summed E-state index contributed by atoms with van der Waals surface area (Å²) in [6, 6.07) is 0. The van der Waals surface area contributed by atoms with Gasteiger partial charge in [0.25, 0.3) is 0 Å². The zero-order chi connectivity index (χ0) is 12.2. The Labute approximate surface area is 106 Å². The molecule has 3 fully saturated rings. The van der Waals surface area contributed by atoms with Gasteiger partial charge < -0.3 is 5.32 Å². The number of carbonyl (C=O) groups is 1. The molecule has 0 bridgehead atoms. The van der Waals surface area contributed by atoms with Crippen molar-refractivity contribution in [2.45, 2.75) is 44.1 Å². The third-order valence-electron chi connectivity index (χ3n) is 4.84. The Morgan fingerprint density at radius 2 is 2.28 bits per heavy atom. The fraction of sp³-hybridized carbons (Fsp3) is 0.769. The summed E-state index contributed by atoms with van der Waals surface area (Å²) in [5.74, 6) is 2.87. The molecule has 3 saturated carbocycles. The third kappa shape index (κ3) is 1.56. The lowest BCUT2D eigenvalue weighted by atomic mass is 9.76. The molecule has 0 saturated heterocycles. The molecular weight excluding hydrogens is 228 g/mol. The number of rotatable bonds is 4. The number of aromatic nitrogens is 3. The average Bonchev–Trinajstić information content (AvgIpc) is 3.19. The Morgan fingerprint density at radius 3 is 2.83 bits per heavy atom. The van der Waals surface area contributed by atoms with Gasteiger partial charge in [-0.2, -0.15) is 5.10 Å². The Bertz CT molecular complexity index is 461. The minimum Gasteiger partial charge on any atom is -0.343 e. The summed E-state index contributed by atoms with van der Waals surface area (Å²) in [6.07, 6.45) is 8.40. The van der Waals surface area contributed by atoms with Crippen LogP contribution in [0.2, 0.25) is 0 Å². The zero-order valence-corrected chi connectivity index (χ0v) is 10.4. The fourth-order valence-electron chi connectivity index (χ4n) is 3.28. The van der Waals surface area contributed by atoms with Crippen LogP contribution in [0.5, 0.6) is 0 Å². The molecule has 1 aromatic rings. The van der Waals surface area contributed by atoms with Crippen molar-refractivity contribution in [1.29, 1.82) is 0 Å². The van der Waals surface area contributed by atoms with Crippen LogP contribution < -0.4 is 5.32 Å². The number of amides is 1. The Hall–Kier alpha value is -1.39. The summed E-state index contributed by atoms with van der Waals surface area (Å²) in [5.41, 5.74) is -0.246. The maximum Gasteiger partial charge on any atom is 0.224 e. The van der Waals surface area contributed by atoms with E-state index in [1.807, 2.05) is 0 Å². The molecule has 96 valence electrons. The minimum atomic E-state index is -0.246. The van der Waals surface area contributed by atoms with E-state index >= 15 is 0 Å². The summed E-state index contributed by atoms with van der Waals surface area (Å²) < 4.78 is 0. The SMILES string of the molecule is O=C(NC1(c2ncn[nH]2)CCC1)C1CC1C1CC1. The van der Waals surface area contributed by atoms with Gasteiger partial charge in [0.2, 0.25) is 5.91 Å². The summed E-state index contributed by atoms with van der Waals surface area (Å²) in [6.45, 7) is 0. The summed E-state index contributed by atoms with van der Waals surface area (Å²) >= 11 is 0. The average molecular weight is 246 g/mol. The topological polar surface area (TPSA) is 70.7 Å². The molecule has 18 heavy (non-hydrogen) atoms. The van der Waals surface area contributed by atoms with Crippen LogP contribution in [0, 0.1) is 17.8 Å². The van der Waals surface area contributed by atoms with Gasteiger partial charge in [0.1, 0.15) is 12.2 Å². The van der Waals surface area contributed by atoms with Crippen molar-refractivity contribution in [3.8, 4) is 0 Å². The van der Waals surface area contributed by atoms with Crippen LogP contribution in [0.3, 0.4) is 0 Å². The highest BCUT2D eigenvalue weighted by Crippen LogP contribution is 2.55. The summed E-state index contributed by atoms with van der Waals surface area (Å²) in [7, 11) is 0. The first-order chi connectivity index (χ1) is 8.78. The number of aromatic amines is 1. The molecule has 1 amide bonds. The van der Waals surface area contributed by atoms with Crippen LogP contribution in [0.25, 0.3) is 0 Å². The molecule has 1 heterocycles. The molecule has 0 radical (unpaired) electrons. The van der Waals surface area contributed by atoms with Gasteiger partial charge in [0, 0.05) is 5.92 Å². The van der Waals surface area contributed by atoms with Crippen LogP contribution in [0.15, 0.2) is 6.33 Å². The lowest BCUT2D eigenvalue weighted by molar-refractivity contribution is -0.126. The highest BCUT2D eigenvalue weighted by atomic mass is 16.2. The van der Waals surface area contributed by atoms with Crippen molar-refractivity contribution < 1.29 is 4.79 Å². The first-order valence-electron chi connectivity index (χ1n) is 6.96. The molecule has 2 N–H and O–H groups in total. The Morgan fingerprint density at radius 1 is 1.44 bits per heavy atom.